The first-order valence-electron chi connectivity index (χ1n) is 12.5. The van der Waals surface area contributed by atoms with Crippen molar-refractivity contribution in [3.63, 3.8) is 0 Å². The second kappa shape index (κ2) is 11.7. The van der Waals surface area contributed by atoms with Crippen molar-refractivity contribution in [3.8, 4) is 5.75 Å². The summed E-state index contributed by atoms with van der Waals surface area (Å²) in [6, 6.07) is 23.7. The number of aryl methyl sites for hydroxylation is 1. The Labute approximate surface area is 214 Å². The van der Waals surface area contributed by atoms with Crippen LogP contribution < -0.4 is 4.74 Å². The number of ether oxygens (including phenoxy) is 1. The Morgan fingerprint density at radius 3 is 2.39 bits per heavy atom. The minimum atomic E-state index is -3.78. The largest absolute Gasteiger partial charge is 0.491 e. The molecule has 190 valence electrons. The summed E-state index contributed by atoms with van der Waals surface area (Å²) in [6.45, 7) is 5.48. The number of rotatable bonds is 5. The molecule has 0 N–H and O–H groups in total. The van der Waals surface area contributed by atoms with Crippen LogP contribution in [0.15, 0.2) is 83.8 Å². The van der Waals surface area contributed by atoms with Crippen LogP contribution in [0.1, 0.15) is 41.3 Å². The smallest absolute Gasteiger partial charge is 0.257 e. The molecular formula is C29H34N2O4S. The molecule has 1 amide bonds. The molecule has 0 radical (unpaired) electrons. The summed E-state index contributed by atoms with van der Waals surface area (Å²) in [5, 5.41) is 0. The van der Waals surface area contributed by atoms with Gasteiger partial charge in [-0.2, -0.15) is 4.31 Å². The van der Waals surface area contributed by atoms with Gasteiger partial charge in [0.2, 0.25) is 10.0 Å². The van der Waals surface area contributed by atoms with Crippen molar-refractivity contribution in [1.29, 1.82) is 0 Å². The Morgan fingerprint density at radius 1 is 0.917 bits per heavy atom. The summed E-state index contributed by atoms with van der Waals surface area (Å²) in [5.41, 5.74) is 2.43. The summed E-state index contributed by atoms with van der Waals surface area (Å²) in [4.78, 5) is 15.3. The fourth-order valence-electron chi connectivity index (χ4n) is 4.64. The van der Waals surface area contributed by atoms with Gasteiger partial charge in [-0.3, -0.25) is 4.79 Å². The van der Waals surface area contributed by atoms with Gasteiger partial charge in [0.05, 0.1) is 16.5 Å². The molecule has 1 aliphatic rings. The molecule has 0 unspecified atom stereocenters. The molecule has 6 nitrogen and oxygen atoms in total. The average molecular weight is 507 g/mol. The summed E-state index contributed by atoms with van der Waals surface area (Å²) in [7, 11) is -3.78. The van der Waals surface area contributed by atoms with Crippen LogP contribution in [0.5, 0.6) is 5.75 Å². The lowest BCUT2D eigenvalue weighted by molar-refractivity contribution is 0.0750. The molecule has 7 heteroatoms. The maximum absolute atomic E-state index is 14.0. The Hall–Kier alpha value is -3.16. The molecule has 0 saturated heterocycles. The van der Waals surface area contributed by atoms with Gasteiger partial charge in [0.1, 0.15) is 12.4 Å². The highest BCUT2D eigenvalue weighted by molar-refractivity contribution is 7.89. The third kappa shape index (κ3) is 5.97. The highest BCUT2D eigenvalue weighted by atomic mass is 32.2. The van der Waals surface area contributed by atoms with E-state index >= 15 is 0 Å². The summed E-state index contributed by atoms with van der Waals surface area (Å²) < 4.78 is 35.8. The number of hydrogen-bond donors (Lipinski definition) is 0. The van der Waals surface area contributed by atoms with Crippen molar-refractivity contribution in [3.05, 3.63) is 95.6 Å². The third-order valence-corrected chi connectivity index (χ3v) is 8.54. The lowest BCUT2D eigenvalue weighted by Gasteiger charge is -2.32. The highest BCUT2D eigenvalue weighted by Gasteiger charge is 2.33. The number of benzene rings is 3. The van der Waals surface area contributed by atoms with E-state index < -0.39 is 16.1 Å². The molecule has 0 bridgehead atoms. The number of amides is 1. The maximum atomic E-state index is 14.0. The van der Waals surface area contributed by atoms with E-state index in [1.54, 1.807) is 39.5 Å². The van der Waals surface area contributed by atoms with E-state index in [9.17, 15) is 13.2 Å². The Balaban J connectivity index is 1.75. The lowest BCUT2D eigenvalue weighted by Crippen LogP contribution is -2.46. The van der Waals surface area contributed by atoms with Gasteiger partial charge in [0.15, 0.2) is 0 Å². The van der Waals surface area contributed by atoms with E-state index in [2.05, 4.69) is 0 Å². The number of sulfonamides is 1. The summed E-state index contributed by atoms with van der Waals surface area (Å²) in [6.07, 6.45) is 1.85. The molecule has 0 saturated carbocycles. The van der Waals surface area contributed by atoms with Gasteiger partial charge < -0.3 is 9.64 Å². The number of para-hydroxylation sites is 1. The maximum Gasteiger partial charge on any atom is 0.257 e. The fraction of sp³-hybridized carbons (Fsp3) is 0.345. The zero-order chi connectivity index (χ0) is 25.5. The predicted molar refractivity (Wildman–Crippen MR) is 142 cm³/mol. The minimum Gasteiger partial charge on any atom is -0.491 e. The third-order valence-electron chi connectivity index (χ3n) is 6.59. The molecule has 3 aromatic carbocycles. The Morgan fingerprint density at radius 2 is 1.64 bits per heavy atom. The van der Waals surface area contributed by atoms with E-state index in [1.807, 2.05) is 62.4 Å². The number of hydrogen-bond acceptors (Lipinski definition) is 4. The molecule has 1 heterocycles. The normalized spacial score (nSPS) is 18.0. The van der Waals surface area contributed by atoms with Crippen molar-refractivity contribution in [2.45, 2.75) is 44.0 Å². The predicted octanol–water partition coefficient (Wildman–Crippen LogP) is 4.93. The first-order chi connectivity index (χ1) is 17.4. The quantitative estimate of drug-likeness (QED) is 0.492. The van der Waals surface area contributed by atoms with E-state index in [0.717, 1.165) is 11.1 Å². The van der Waals surface area contributed by atoms with E-state index in [-0.39, 0.29) is 12.5 Å². The van der Waals surface area contributed by atoms with Crippen LogP contribution in [-0.4, -0.2) is 55.8 Å². The van der Waals surface area contributed by atoms with Gasteiger partial charge in [0.25, 0.3) is 5.91 Å². The van der Waals surface area contributed by atoms with Crippen LogP contribution in [0.25, 0.3) is 0 Å². The molecule has 4 rings (SSSR count). The van der Waals surface area contributed by atoms with Crippen LogP contribution in [0.4, 0.5) is 0 Å². The van der Waals surface area contributed by atoms with E-state index in [0.29, 0.717) is 55.1 Å². The molecule has 0 fully saturated rings. The fourth-order valence-corrected chi connectivity index (χ4v) is 6.39. The van der Waals surface area contributed by atoms with Gasteiger partial charge >= 0.3 is 0 Å². The average Bonchev–Trinajstić information content (AvgIpc) is 2.88. The van der Waals surface area contributed by atoms with Crippen molar-refractivity contribution >= 4 is 15.9 Å². The number of carbonyl (C=O) groups excluding carboxylic acids is 1. The second-order valence-electron chi connectivity index (χ2n) is 9.17. The SMILES string of the molecule is CCN1CCCCN(S(=O)(=O)c2cccc(C)c2)[C@@H](Cc2ccccc2)COc2ccccc2C1=O. The van der Waals surface area contributed by atoms with Gasteiger partial charge in [-0.05, 0) is 68.5 Å². The number of nitrogens with zero attached hydrogens (tertiary/aromatic N) is 2. The first kappa shape index (κ1) is 25.9. The second-order valence-corrected chi connectivity index (χ2v) is 11.1. The minimum absolute atomic E-state index is 0.0579. The van der Waals surface area contributed by atoms with Gasteiger partial charge in [-0.25, -0.2) is 8.42 Å². The van der Waals surface area contributed by atoms with E-state index in [4.69, 9.17) is 4.74 Å². The molecule has 0 aromatic heterocycles. The summed E-state index contributed by atoms with van der Waals surface area (Å²) >= 11 is 0. The van der Waals surface area contributed by atoms with E-state index in [1.165, 1.54) is 0 Å². The zero-order valence-corrected chi connectivity index (χ0v) is 21.8. The molecule has 36 heavy (non-hydrogen) atoms. The van der Waals surface area contributed by atoms with Crippen molar-refractivity contribution in [2.75, 3.05) is 26.2 Å². The highest BCUT2D eigenvalue weighted by Crippen LogP contribution is 2.26. The van der Waals surface area contributed by atoms with Crippen molar-refractivity contribution in [2.24, 2.45) is 0 Å². The van der Waals surface area contributed by atoms with Crippen LogP contribution in [0, 0.1) is 6.92 Å². The van der Waals surface area contributed by atoms with Crippen molar-refractivity contribution in [1.82, 2.24) is 9.21 Å². The lowest BCUT2D eigenvalue weighted by atomic mass is 10.1. The van der Waals surface area contributed by atoms with Gasteiger partial charge in [-0.1, -0.05) is 54.6 Å². The van der Waals surface area contributed by atoms with Crippen LogP contribution in [0.3, 0.4) is 0 Å². The summed E-state index contributed by atoms with van der Waals surface area (Å²) in [5.74, 6) is 0.421. The van der Waals surface area contributed by atoms with Crippen LogP contribution in [-0.2, 0) is 16.4 Å². The van der Waals surface area contributed by atoms with Crippen LogP contribution >= 0.6 is 0 Å². The topological polar surface area (TPSA) is 66.9 Å². The number of fused-ring (bicyclic) bond motifs is 1. The molecule has 0 spiro atoms. The molecule has 3 aromatic rings. The molecule has 1 aliphatic heterocycles. The molecule has 1 atom stereocenters. The Kier molecular flexibility index (Phi) is 8.44. The number of carbonyl (C=O) groups is 1. The van der Waals surface area contributed by atoms with Crippen molar-refractivity contribution < 1.29 is 17.9 Å². The van der Waals surface area contributed by atoms with Gasteiger partial charge in [-0.15, -0.1) is 0 Å². The molecular weight excluding hydrogens is 472 g/mol. The first-order valence-corrected chi connectivity index (χ1v) is 14.0. The standard InChI is InChI=1S/C29H34N2O4S/c1-3-30-18-9-10-19-31(36(33,34)26-15-11-12-23(2)20-26)25(21-24-13-5-4-6-14-24)22-35-28-17-8-7-16-27(28)29(30)32/h4-8,11-17,20,25H,3,9-10,18-19,21-22H2,1-2H3/t25-/m0/s1. The van der Waals surface area contributed by atoms with Crippen LogP contribution in [0.2, 0.25) is 0 Å². The zero-order valence-electron chi connectivity index (χ0n) is 21.0. The monoisotopic (exact) mass is 506 g/mol. The Bertz CT molecular complexity index is 1280. The van der Waals surface area contributed by atoms with Gasteiger partial charge in [0, 0.05) is 19.6 Å². The molecule has 0 aliphatic carbocycles.